The third-order valence-electron chi connectivity index (χ3n) is 4.72. The van der Waals surface area contributed by atoms with Gasteiger partial charge in [-0.05, 0) is 31.7 Å². The molecule has 1 atom stereocenters. The maximum atomic E-state index is 5.73. The maximum Gasteiger partial charge on any atom is 0.165 e. The Balaban J connectivity index is 1.78. The van der Waals surface area contributed by atoms with Gasteiger partial charge in [0, 0.05) is 30.5 Å². The molecule has 0 amide bonds. The van der Waals surface area contributed by atoms with E-state index in [2.05, 4.69) is 42.6 Å². The van der Waals surface area contributed by atoms with Crippen LogP contribution in [0.3, 0.4) is 0 Å². The molecule has 3 aromatic rings. The van der Waals surface area contributed by atoms with Crippen molar-refractivity contribution in [3.8, 4) is 11.1 Å². The molecule has 1 fully saturated rings. The highest BCUT2D eigenvalue weighted by atomic mass is 16.5. The predicted octanol–water partition coefficient (Wildman–Crippen LogP) is 3.86. The van der Waals surface area contributed by atoms with Crippen molar-refractivity contribution >= 4 is 11.5 Å². The number of rotatable bonds is 5. The van der Waals surface area contributed by atoms with Crippen molar-refractivity contribution in [2.45, 2.75) is 39.2 Å². The Hall–Kier alpha value is -2.40. The number of aryl methyl sites for hydroxylation is 2. The van der Waals surface area contributed by atoms with Crippen molar-refractivity contribution < 1.29 is 4.74 Å². The minimum Gasteiger partial charge on any atom is -0.376 e. The Morgan fingerprint density at radius 1 is 1.28 bits per heavy atom. The molecule has 1 aromatic carbocycles. The average molecular weight is 336 g/mol. The number of hydrogen-bond acceptors (Lipinski definition) is 4. The number of fused-ring (bicyclic) bond motifs is 1. The zero-order chi connectivity index (χ0) is 17.2. The molecule has 1 aliphatic rings. The van der Waals surface area contributed by atoms with Crippen LogP contribution < -0.4 is 5.32 Å². The number of anilines is 1. The summed E-state index contributed by atoms with van der Waals surface area (Å²) in [5.41, 5.74) is 5.27. The van der Waals surface area contributed by atoms with E-state index in [1.807, 2.05) is 17.5 Å². The van der Waals surface area contributed by atoms with Gasteiger partial charge in [-0.2, -0.15) is 9.61 Å². The zero-order valence-electron chi connectivity index (χ0n) is 14.8. The van der Waals surface area contributed by atoms with Gasteiger partial charge in [0.2, 0.25) is 0 Å². The molecule has 4 rings (SSSR count). The Morgan fingerprint density at radius 3 is 2.84 bits per heavy atom. The predicted molar refractivity (Wildman–Crippen MR) is 100 cm³/mol. The number of benzene rings is 1. The van der Waals surface area contributed by atoms with Crippen LogP contribution in [0.1, 0.15) is 31.2 Å². The van der Waals surface area contributed by atoms with Gasteiger partial charge in [0.1, 0.15) is 5.82 Å². The highest BCUT2D eigenvalue weighted by Crippen LogP contribution is 2.30. The highest BCUT2D eigenvalue weighted by molar-refractivity contribution is 5.81. The van der Waals surface area contributed by atoms with Crippen LogP contribution >= 0.6 is 0 Å². The van der Waals surface area contributed by atoms with E-state index < -0.39 is 0 Å². The lowest BCUT2D eigenvalue weighted by molar-refractivity contribution is 0.120. The Labute approximate surface area is 148 Å². The fraction of sp³-hybridized carbons (Fsp3) is 0.400. The highest BCUT2D eigenvalue weighted by Gasteiger charge is 2.19. The van der Waals surface area contributed by atoms with Gasteiger partial charge in [-0.15, -0.1) is 0 Å². The summed E-state index contributed by atoms with van der Waals surface area (Å²) in [5.74, 6) is 0.981. The first kappa shape index (κ1) is 16.1. The molecule has 1 N–H and O–H groups in total. The molecule has 0 unspecified atom stereocenters. The maximum absolute atomic E-state index is 5.73. The van der Waals surface area contributed by atoms with E-state index in [1.54, 1.807) is 0 Å². The van der Waals surface area contributed by atoms with Gasteiger partial charge >= 0.3 is 0 Å². The van der Waals surface area contributed by atoms with E-state index in [0.717, 1.165) is 66.4 Å². The van der Waals surface area contributed by atoms with Crippen LogP contribution in [0.25, 0.3) is 16.8 Å². The van der Waals surface area contributed by atoms with Gasteiger partial charge in [0.25, 0.3) is 0 Å². The molecule has 3 heterocycles. The third kappa shape index (κ3) is 3.12. The smallest absolute Gasteiger partial charge is 0.165 e. The number of aromatic nitrogens is 3. The number of ether oxygens (including phenoxy) is 1. The SMILES string of the molecule is CCc1nn2c(NC[C@@H]3CCCO3)cc(C)nc2c1-c1ccccc1. The summed E-state index contributed by atoms with van der Waals surface area (Å²) in [6, 6.07) is 12.5. The van der Waals surface area contributed by atoms with E-state index in [4.69, 9.17) is 14.8 Å². The molecule has 130 valence electrons. The number of nitrogens with one attached hydrogen (secondary N) is 1. The van der Waals surface area contributed by atoms with Gasteiger partial charge in [-0.3, -0.25) is 0 Å². The van der Waals surface area contributed by atoms with Crippen molar-refractivity contribution in [1.82, 2.24) is 14.6 Å². The quantitative estimate of drug-likeness (QED) is 0.769. The monoisotopic (exact) mass is 336 g/mol. The first-order valence-corrected chi connectivity index (χ1v) is 9.06. The van der Waals surface area contributed by atoms with Crippen LogP contribution in [0.4, 0.5) is 5.82 Å². The summed E-state index contributed by atoms with van der Waals surface area (Å²) in [4.78, 5) is 4.79. The van der Waals surface area contributed by atoms with Crippen LogP contribution in [-0.4, -0.2) is 33.9 Å². The molecule has 25 heavy (non-hydrogen) atoms. The average Bonchev–Trinajstić information content (AvgIpc) is 3.27. The molecule has 5 heteroatoms. The summed E-state index contributed by atoms with van der Waals surface area (Å²) in [6.45, 7) is 5.85. The van der Waals surface area contributed by atoms with Crippen LogP contribution in [0.5, 0.6) is 0 Å². The second-order valence-corrected chi connectivity index (χ2v) is 6.58. The van der Waals surface area contributed by atoms with Crippen LogP contribution in [0.2, 0.25) is 0 Å². The standard InChI is InChI=1S/C20H24N4O/c1-3-17-19(15-8-5-4-6-9-15)20-22-14(2)12-18(24(20)23-17)21-13-16-10-7-11-25-16/h4-6,8-9,12,16,21H,3,7,10-11,13H2,1-2H3/t16-/m0/s1. The number of nitrogens with zero attached hydrogens (tertiary/aromatic N) is 3. The molecule has 0 radical (unpaired) electrons. The van der Waals surface area contributed by atoms with E-state index in [0.29, 0.717) is 6.10 Å². The van der Waals surface area contributed by atoms with E-state index in [9.17, 15) is 0 Å². The van der Waals surface area contributed by atoms with Crippen LogP contribution in [0, 0.1) is 6.92 Å². The Morgan fingerprint density at radius 2 is 2.12 bits per heavy atom. The Kier molecular flexibility index (Phi) is 4.40. The summed E-state index contributed by atoms with van der Waals surface area (Å²) in [6.07, 6.45) is 3.43. The van der Waals surface area contributed by atoms with Crippen molar-refractivity contribution in [3.05, 3.63) is 47.8 Å². The lowest BCUT2D eigenvalue weighted by atomic mass is 10.0. The van der Waals surface area contributed by atoms with Crippen molar-refractivity contribution in [2.75, 3.05) is 18.5 Å². The first-order chi connectivity index (χ1) is 12.3. The van der Waals surface area contributed by atoms with Crippen molar-refractivity contribution in [2.24, 2.45) is 0 Å². The lowest BCUT2D eigenvalue weighted by Gasteiger charge is -2.13. The van der Waals surface area contributed by atoms with Gasteiger partial charge in [-0.25, -0.2) is 4.98 Å². The lowest BCUT2D eigenvalue weighted by Crippen LogP contribution is -2.20. The minimum atomic E-state index is 0.290. The minimum absolute atomic E-state index is 0.290. The molecule has 0 spiro atoms. The number of hydrogen-bond donors (Lipinski definition) is 1. The molecular weight excluding hydrogens is 312 g/mol. The first-order valence-electron chi connectivity index (χ1n) is 9.06. The largest absolute Gasteiger partial charge is 0.376 e. The second-order valence-electron chi connectivity index (χ2n) is 6.58. The van der Waals surface area contributed by atoms with Gasteiger partial charge in [0.15, 0.2) is 5.65 Å². The van der Waals surface area contributed by atoms with E-state index >= 15 is 0 Å². The topological polar surface area (TPSA) is 51.5 Å². The molecule has 5 nitrogen and oxygen atoms in total. The molecule has 0 aliphatic carbocycles. The normalized spacial score (nSPS) is 17.3. The van der Waals surface area contributed by atoms with Crippen molar-refractivity contribution in [1.29, 1.82) is 0 Å². The molecule has 1 aliphatic heterocycles. The Bertz CT molecular complexity index is 866. The van der Waals surface area contributed by atoms with Gasteiger partial charge < -0.3 is 10.1 Å². The van der Waals surface area contributed by atoms with Crippen LogP contribution in [-0.2, 0) is 11.2 Å². The summed E-state index contributed by atoms with van der Waals surface area (Å²) < 4.78 is 7.68. The summed E-state index contributed by atoms with van der Waals surface area (Å²) in [5, 5.41) is 8.37. The van der Waals surface area contributed by atoms with Crippen LogP contribution in [0.15, 0.2) is 36.4 Å². The molecule has 0 bridgehead atoms. The zero-order valence-corrected chi connectivity index (χ0v) is 14.8. The van der Waals surface area contributed by atoms with Gasteiger partial charge in [-0.1, -0.05) is 37.3 Å². The van der Waals surface area contributed by atoms with Crippen molar-refractivity contribution in [3.63, 3.8) is 0 Å². The fourth-order valence-electron chi connectivity index (χ4n) is 3.48. The van der Waals surface area contributed by atoms with Gasteiger partial charge in [0.05, 0.1) is 11.8 Å². The summed E-state index contributed by atoms with van der Waals surface area (Å²) in [7, 11) is 0. The molecular formula is C20H24N4O. The van der Waals surface area contributed by atoms with E-state index in [-0.39, 0.29) is 0 Å². The molecule has 2 aromatic heterocycles. The fourth-order valence-corrected chi connectivity index (χ4v) is 3.48. The molecule has 1 saturated heterocycles. The second kappa shape index (κ2) is 6.84. The summed E-state index contributed by atoms with van der Waals surface area (Å²) >= 11 is 0. The molecule has 0 saturated carbocycles. The van der Waals surface area contributed by atoms with E-state index in [1.165, 1.54) is 0 Å². The third-order valence-corrected chi connectivity index (χ3v) is 4.72.